The van der Waals surface area contributed by atoms with Crippen LogP contribution in [-0.4, -0.2) is 36.7 Å². The van der Waals surface area contributed by atoms with E-state index in [0.29, 0.717) is 12.1 Å². The van der Waals surface area contributed by atoms with E-state index in [9.17, 15) is 26.7 Å². The molecule has 2 aromatic carbocycles. The zero-order valence-corrected chi connectivity index (χ0v) is 16.8. The minimum atomic E-state index is -4.73. The highest BCUT2D eigenvalue weighted by molar-refractivity contribution is 5.84. The molecule has 9 heteroatoms. The number of hydrogen-bond acceptors (Lipinski definition) is 3. The van der Waals surface area contributed by atoms with Crippen LogP contribution in [0.3, 0.4) is 0 Å². The van der Waals surface area contributed by atoms with Crippen LogP contribution in [0.25, 0.3) is 0 Å². The summed E-state index contributed by atoms with van der Waals surface area (Å²) in [5.41, 5.74) is -1.30. The summed E-state index contributed by atoms with van der Waals surface area (Å²) >= 11 is 0. The van der Waals surface area contributed by atoms with Gasteiger partial charge in [0.05, 0.1) is 6.04 Å². The Morgan fingerprint density at radius 1 is 1.16 bits per heavy atom. The lowest BCUT2D eigenvalue weighted by atomic mass is 9.84. The number of likely N-dealkylation sites (tertiary alicyclic amines) is 1. The topological polar surface area (TPSA) is 41.6 Å². The van der Waals surface area contributed by atoms with Crippen molar-refractivity contribution in [3.63, 3.8) is 0 Å². The highest BCUT2D eigenvalue weighted by atomic mass is 19.4. The number of nitrogens with one attached hydrogen (secondary N) is 1. The van der Waals surface area contributed by atoms with Crippen molar-refractivity contribution in [2.75, 3.05) is 13.1 Å². The number of carbonyl (C=O) groups is 1. The number of nitrogens with zero attached hydrogens (tertiary/aromatic N) is 1. The van der Waals surface area contributed by atoms with Gasteiger partial charge >= 0.3 is 12.8 Å². The van der Waals surface area contributed by atoms with Crippen molar-refractivity contribution in [3.05, 3.63) is 65.7 Å². The van der Waals surface area contributed by atoms with Crippen LogP contribution in [0.4, 0.5) is 22.0 Å². The molecular formula is C22H23F5N2O2. The smallest absolute Gasteiger partial charge is 0.404 e. The number of benzene rings is 2. The number of carbonyl (C=O) groups excluding carboxylic acids is 1. The zero-order chi connectivity index (χ0) is 22.6. The van der Waals surface area contributed by atoms with Crippen LogP contribution < -0.4 is 10.1 Å². The van der Waals surface area contributed by atoms with Gasteiger partial charge in [-0.1, -0.05) is 42.5 Å². The fourth-order valence-corrected chi connectivity index (χ4v) is 3.79. The van der Waals surface area contributed by atoms with E-state index in [2.05, 4.69) is 10.1 Å². The van der Waals surface area contributed by atoms with Crippen LogP contribution in [0.5, 0.6) is 5.75 Å². The van der Waals surface area contributed by atoms with E-state index in [0.717, 1.165) is 5.56 Å². The van der Waals surface area contributed by atoms with Gasteiger partial charge in [-0.05, 0) is 43.1 Å². The summed E-state index contributed by atoms with van der Waals surface area (Å²) in [5, 5.41) is 2.42. The Kier molecular flexibility index (Phi) is 6.83. The molecule has 4 nitrogen and oxygen atoms in total. The van der Waals surface area contributed by atoms with Gasteiger partial charge in [0.2, 0.25) is 5.91 Å². The van der Waals surface area contributed by atoms with Crippen LogP contribution in [-0.2, 0) is 11.3 Å². The van der Waals surface area contributed by atoms with E-state index >= 15 is 0 Å². The Hall–Kier alpha value is -2.68. The molecule has 0 spiro atoms. The molecule has 0 aliphatic carbocycles. The van der Waals surface area contributed by atoms with E-state index in [-0.39, 0.29) is 18.7 Å². The molecule has 1 aliphatic rings. The first kappa shape index (κ1) is 23.0. The maximum absolute atomic E-state index is 14.0. The first-order chi connectivity index (χ1) is 14.6. The predicted octanol–water partition coefficient (Wildman–Crippen LogP) is 4.92. The number of amides is 1. The molecule has 1 aliphatic heterocycles. The third-order valence-corrected chi connectivity index (χ3v) is 5.51. The zero-order valence-electron chi connectivity index (χ0n) is 16.8. The summed E-state index contributed by atoms with van der Waals surface area (Å²) in [6.45, 7) is -1.52. The van der Waals surface area contributed by atoms with Crippen LogP contribution in [0.15, 0.2) is 54.6 Å². The van der Waals surface area contributed by atoms with E-state index in [1.165, 1.54) is 31.2 Å². The molecule has 0 radical (unpaired) electrons. The van der Waals surface area contributed by atoms with Crippen molar-refractivity contribution in [1.29, 1.82) is 0 Å². The lowest BCUT2D eigenvalue weighted by Gasteiger charge is -2.32. The van der Waals surface area contributed by atoms with Gasteiger partial charge in [-0.25, -0.2) is 0 Å². The molecule has 2 atom stereocenters. The van der Waals surface area contributed by atoms with Crippen LogP contribution in [0.1, 0.15) is 30.5 Å². The van der Waals surface area contributed by atoms with Crippen LogP contribution in [0.2, 0.25) is 0 Å². The highest BCUT2D eigenvalue weighted by Gasteiger charge is 2.63. The Morgan fingerprint density at radius 3 is 2.52 bits per heavy atom. The maximum Gasteiger partial charge on any atom is 0.404 e. The monoisotopic (exact) mass is 442 g/mol. The van der Waals surface area contributed by atoms with E-state index in [1.54, 1.807) is 4.90 Å². The summed E-state index contributed by atoms with van der Waals surface area (Å²) in [6.07, 6.45) is -5.08. The predicted molar refractivity (Wildman–Crippen MR) is 104 cm³/mol. The molecule has 2 aromatic rings. The summed E-state index contributed by atoms with van der Waals surface area (Å²) < 4.78 is 71.3. The van der Waals surface area contributed by atoms with Gasteiger partial charge in [-0.15, -0.1) is 0 Å². The molecule has 1 saturated heterocycles. The second-order valence-corrected chi connectivity index (χ2v) is 7.67. The van der Waals surface area contributed by atoms with Gasteiger partial charge in [0.25, 0.3) is 0 Å². The lowest BCUT2D eigenvalue weighted by Crippen LogP contribution is -2.52. The van der Waals surface area contributed by atoms with Gasteiger partial charge < -0.3 is 10.1 Å². The lowest BCUT2D eigenvalue weighted by molar-refractivity contribution is -0.218. The molecule has 1 fully saturated rings. The Bertz CT molecular complexity index is 891. The van der Waals surface area contributed by atoms with Crippen LogP contribution >= 0.6 is 0 Å². The number of halogens is 5. The fourth-order valence-electron chi connectivity index (χ4n) is 3.79. The normalized spacial score (nSPS) is 20.6. The average Bonchev–Trinajstić information content (AvgIpc) is 3.14. The molecule has 3 rings (SSSR count). The van der Waals surface area contributed by atoms with E-state index < -0.39 is 36.7 Å². The third-order valence-electron chi connectivity index (χ3n) is 5.51. The van der Waals surface area contributed by atoms with E-state index in [1.807, 2.05) is 30.3 Å². The van der Waals surface area contributed by atoms with Gasteiger partial charge in [0.15, 0.2) is 5.41 Å². The second kappa shape index (κ2) is 9.21. The first-order valence-corrected chi connectivity index (χ1v) is 9.79. The molecule has 1 amide bonds. The summed E-state index contributed by atoms with van der Waals surface area (Å²) in [4.78, 5) is 14.5. The highest BCUT2D eigenvalue weighted by Crippen LogP contribution is 2.46. The van der Waals surface area contributed by atoms with Crippen molar-refractivity contribution < 1.29 is 31.5 Å². The SMILES string of the molecule is CC(NC(=O)C1(C(F)(F)F)CCN(Cc2ccccc2)C1)c1cccc(OC(F)F)c1. The standard InChI is InChI=1S/C22H23F5N2O2/c1-15(17-8-5-9-18(12-17)31-20(23)24)28-19(30)21(22(25,26)27)10-11-29(14-21)13-16-6-3-2-4-7-16/h2-9,12,15,20H,10-11,13-14H2,1H3,(H,28,30). The molecule has 0 bridgehead atoms. The summed E-state index contributed by atoms with van der Waals surface area (Å²) in [6, 6.07) is 13.8. The summed E-state index contributed by atoms with van der Waals surface area (Å²) in [7, 11) is 0. The number of hydrogen-bond donors (Lipinski definition) is 1. The molecule has 2 unspecified atom stereocenters. The molecular weight excluding hydrogens is 419 g/mol. The fraction of sp³-hybridized carbons (Fsp3) is 0.409. The molecule has 1 N–H and O–H groups in total. The number of alkyl halides is 5. The quantitative estimate of drug-likeness (QED) is 0.619. The van der Waals surface area contributed by atoms with E-state index in [4.69, 9.17) is 0 Å². The number of ether oxygens (including phenoxy) is 1. The Morgan fingerprint density at radius 2 is 1.87 bits per heavy atom. The molecule has 1 heterocycles. The van der Waals surface area contributed by atoms with Gasteiger partial charge in [-0.2, -0.15) is 22.0 Å². The molecule has 168 valence electrons. The third kappa shape index (κ3) is 5.33. The molecule has 0 aromatic heterocycles. The van der Waals surface area contributed by atoms with Gasteiger partial charge in [-0.3, -0.25) is 9.69 Å². The van der Waals surface area contributed by atoms with Crippen molar-refractivity contribution in [3.8, 4) is 5.75 Å². The minimum Gasteiger partial charge on any atom is -0.435 e. The van der Waals surface area contributed by atoms with Crippen molar-refractivity contribution in [2.24, 2.45) is 5.41 Å². The maximum atomic E-state index is 14.0. The minimum absolute atomic E-state index is 0.131. The largest absolute Gasteiger partial charge is 0.435 e. The van der Waals surface area contributed by atoms with Crippen molar-refractivity contribution in [2.45, 2.75) is 38.7 Å². The Labute approximate surface area is 177 Å². The Balaban J connectivity index is 1.74. The van der Waals surface area contributed by atoms with Crippen molar-refractivity contribution >= 4 is 5.91 Å². The first-order valence-electron chi connectivity index (χ1n) is 9.79. The van der Waals surface area contributed by atoms with Gasteiger partial charge in [0, 0.05) is 13.1 Å². The molecule has 0 saturated carbocycles. The average molecular weight is 442 g/mol. The molecule has 31 heavy (non-hydrogen) atoms. The summed E-state index contributed by atoms with van der Waals surface area (Å²) in [5.74, 6) is -1.25. The second-order valence-electron chi connectivity index (χ2n) is 7.67. The van der Waals surface area contributed by atoms with Crippen molar-refractivity contribution in [1.82, 2.24) is 10.2 Å². The number of rotatable bonds is 7. The van der Waals surface area contributed by atoms with Crippen LogP contribution in [0, 0.1) is 5.41 Å². The van der Waals surface area contributed by atoms with Gasteiger partial charge in [0.1, 0.15) is 5.75 Å².